The fourth-order valence-electron chi connectivity index (χ4n) is 3.27. The van der Waals surface area contributed by atoms with E-state index in [2.05, 4.69) is 10.2 Å². The van der Waals surface area contributed by atoms with E-state index >= 15 is 0 Å². The van der Waals surface area contributed by atoms with Crippen LogP contribution >= 0.6 is 0 Å². The number of morpholine rings is 1. The van der Waals surface area contributed by atoms with Gasteiger partial charge in [-0.05, 0) is 25.1 Å². The fraction of sp³-hybridized carbons (Fsp3) is 0.556. The van der Waals surface area contributed by atoms with Gasteiger partial charge in [-0.25, -0.2) is 4.39 Å². The topological polar surface area (TPSA) is 61.9 Å². The Kier molecular flexibility index (Phi) is 5.99. The molecule has 1 aromatic carbocycles. The molecule has 0 unspecified atom stereocenters. The highest BCUT2D eigenvalue weighted by Gasteiger charge is 2.35. The second-order valence-corrected chi connectivity index (χ2v) is 6.46. The maximum Gasteiger partial charge on any atom is 0.227 e. The van der Waals surface area contributed by atoms with E-state index in [0.29, 0.717) is 6.54 Å². The Bertz CT molecular complexity index is 619. The van der Waals surface area contributed by atoms with Crippen molar-refractivity contribution in [3.8, 4) is 0 Å². The van der Waals surface area contributed by atoms with Crippen molar-refractivity contribution in [2.45, 2.75) is 12.8 Å². The number of hydrogen-bond acceptors (Lipinski definition) is 4. The average Bonchev–Trinajstić information content (AvgIpc) is 3.01. The van der Waals surface area contributed by atoms with Crippen molar-refractivity contribution < 1.29 is 18.7 Å². The second-order valence-electron chi connectivity index (χ2n) is 6.46. The number of amides is 2. The summed E-state index contributed by atoms with van der Waals surface area (Å²) in [5.74, 6) is -1.20. The molecule has 0 aromatic heterocycles. The third-order valence-electron chi connectivity index (χ3n) is 4.69. The number of nitrogens with one attached hydrogen (secondary N) is 1. The minimum absolute atomic E-state index is 0.129. The molecule has 1 atom stereocenters. The van der Waals surface area contributed by atoms with E-state index in [1.807, 2.05) is 0 Å². The van der Waals surface area contributed by atoms with Crippen LogP contribution in [0.2, 0.25) is 0 Å². The molecule has 0 spiro atoms. The van der Waals surface area contributed by atoms with E-state index in [4.69, 9.17) is 4.74 Å². The molecular weight excluding hydrogens is 325 g/mol. The van der Waals surface area contributed by atoms with Crippen molar-refractivity contribution >= 4 is 17.5 Å². The first-order valence-electron chi connectivity index (χ1n) is 8.78. The summed E-state index contributed by atoms with van der Waals surface area (Å²) in [6, 6.07) is 6.15. The molecule has 1 aromatic rings. The summed E-state index contributed by atoms with van der Waals surface area (Å²) in [5, 5.41) is 2.90. The number of carbonyl (C=O) groups is 2. The quantitative estimate of drug-likeness (QED) is 0.779. The van der Waals surface area contributed by atoms with Gasteiger partial charge >= 0.3 is 0 Å². The third-order valence-corrected chi connectivity index (χ3v) is 4.69. The van der Waals surface area contributed by atoms with Gasteiger partial charge in [-0.2, -0.15) is 0 Å². The monoisotopic (exact) mass is 349 g/mol. The third kappa shape index (κ3) is 4.55. The highest BCUT2D eigenvalue weighted by atomic mass is 19.1. The lowest BCUT2D eigenvalue weighted by molar-refractivity contribution is -0.126. The molecule has 25 heavy (non-hydrogen) atoms. The molecule has 2 aliphatic heterocycles. The van der Waals surface area contributed by atoms with E-state index in [9.17, 15) is 14.0 Å². The van der Waals surface area contributed by atoms with Crippen LogP contribution in [0.3, 0.4) is 0 Å². The molecule has 2 amide bonds. The molecule has 1 N–H and O–H groups in total. The van der Waals surface area contributed by atoms with Crippen LogP contribution in [0.25, 0.3) is 0 Å². The zero-order valence-corrected chi connectivity index (χ0v) is 14.2. The van der Waals surface area contributed by atoms with Gasteiger partial charge in [-0.3, -0.25) is 14.5 Å². The van der Waals surface area contributed by atoms with Crippen LogP contribution < -0.4 is 10.2 Å². The number of rotatable bonds is 6. The van der Waals surface area contributed by atoms with Crippen LogP contribution in [0, 0.1) is 11.7 Å². The first-order chi connectivity index (χ1) is 12.1. The summed E-state index contributed by atoms with van der Waals surface area (Å²) in [6.45, 7) is 5.14. The number of nitrogens with zero attached hydrogens (tertiary/aromatic N) is 2. The summed E-state index contributed by atoms with van der Waals surface area (Å²) < 4.78 is 19.2. The van der Waals surface area contributed by atoms with Crippen LogP contribution in [-0.2, 0) is 14.3 Å². The highest BCUT2D eigenvalue weighted by molar-refractivity contribution is 6.00. The lowest BCUT2D eigenvalue weighted by Gasteiger charge is -2.26. The lowest BCUT2D eigenvalue weighted by atomic mass is 10.1. The molecule has 6 nitrogen and oxygen atoms in total. The van der Waals surface area contributed by atoms with Gasteiger partial charge in [0, 0.05) is 32.6 Å². The van der Waals surface area contributed by atoms with Gasteiger partial charge in [-0.15, -0.1) is 0 Å². The van der Waals surface area contributed by atoms with Gasteiger partial charge in [-0.1, -0.05) is 12.1 Å². The molecule has 0 bridgehead atoms. The smallest absolute Gasteiger partial charge is 0.227 e. The molecule has 3 rings (SSSR count). The first-order valence-corrected chi connectivity index (χ1v) is 8.78. The summed E-state index contributed by atoms with van der Waals surface area (Å²) in [5.41, 5.74) is 0.245. The van der Waals surface area contributed by atoms with E-state index in [-0.39, 0.29) is 30.5 Å². The van der Waals surface area contributed by atoms with E-state index in [1.54, 1.807) is 18.2 Å². The Morgan fingerprint density at radius 3 is 2.80 bits per heavy atom. The lowest BCUT2D eigenvalue weighted by Crippen LogP contribution is -2.39. The van der Waals surface area contributed by atoms with Gasteiger partial charge < -0.3 is 15.0 Å². The van der Waals surface area contributed by atoms with E-state index < -0.39 is 11.7 Å². The fourth-order valence-corrected chi connectivity index (χ4v) is 3.27. The van der Waals surface area contributed by atoms with Crippen molar-refractivity contribution in [1.82, 2.24) is 10.2 Å². The van der Waals surface area contributed by atoms with E-state index in [1.165, 1.54) is 11.0 Å². The minimum Gasteiger partial charge on any atom is -0.379 e. The maximum absolute atomic E-state index is 13.9. The van der Waals surface area contributed by atoms with Crippen LogP contribution in [0.1, 0.15) is 12.8 Å². The molecular formula is C18H24FN3O3. The summed E-state index contributed by atoms with van der Waals surface area (Å²) >= 11 is 0. The SMILES string of the molecule is O=C(NCCCN1CCOCC1)[C@H]1CC(=O)N(c2ccccc2F)C1. The van der Waals surface area contributed by atoms with Crippen LogP contribution in [0.15, 0.2) is 24.3 Å². The number of ether oxygens (including phenoxy) is 1. The Balaban J connectivity index is 1.44. The van der Waals surface area contributed by atoms with Gasteiger partial charge in [0.1, 0.15) is 5.82 Å². The number of benzene rings is 1. The van der Waals surface area contributed by atoms with Crippen molar-refractivity contribution in [2.75, 3.05) is 50.8 Å². The molecule has 136 valence electrons. The van der Waals surface area contributed by atoms with Gasteiger partial charge in [0.05, 0.1) is 24.8 Å². The Morgan fingerprint density at radius 2 is 2.04 bits per heavy atom. The molecule has 0 aliphatic carbocycles. The van der Waals surface area contributed by atoms with Crippen LogP contribution in [-0.4, -0.2) is 62.7 Å². The highest BCUT2D eigenvalue weighted by Crippen LogP contribution is 2.27. The largest absolute Gasteiger partial charge is 0.379 e. The molecule has 0 radical (unpaired) electrons. The summed E-state index contributed by atoms with van der Waals surface area (Å²) in [7, 11) is 0. The summed E-state index contributed by atoms with van der Waals surface area (Å²) in [6.07, 6.45) is 0.993. The Morgan fingerprint density at radius 1 is 1.28 bits per heavy atom. The van der Waals surface area contributed by atoms with Gasteiger partial charge in [0.15, 0.2) is 0 Å². The molecule has 7 heteroatoms. The normalized spacial score (nSPS) is 21.6. The zero-order valence-electron chi connectivity index (χ0n) is 14.2. The molecule has 0 saturated carbocycles. The predicted octanol–water partition coefficient (Wildman–Crippen LogP) is 1.02. The van der Waals surface area contributed by atoms with Gasteiger partial charge in [0.2, 0.25) is 11.8 Å². The number of anilines is 1. The molecule has 2 saturated heterocycles. The Labute approximate surface area is 146 Å². The number of para-hydroxylation sites is 1. The van der Waals surface area contributed by atoms with Crippen molar-refractivity contribution in [1.29, 1.82) is 0 Å². The van der Waals surface area contributed by atoms with Gasteiger partial charge in [0.25, 0.3) is 0 Å². The molecule has 2 heterocycles. The number of hydrogen-bond donors (Lipinski definition) is 1. The number of carbonyl (C=O) groups excluding carboxylic acids is 2. The average molecular weight is 349 g/mol. The zero-order chi connectivity index (χ0) is 17.6. The Hall–Kier alpha value is -1.99. The van der Waals surface area contributed by atoms with E-state index in [0.717, 1.165) is 39.3 Å². The van der Waals surface area contributed by atoms with Crippen molar-refractivity contribution in [3.63, 3.8) is 0 Å². The molecule has 2 aliphatic rings. The maximum atomic E-state index is 13.9. The predicted molar refractivity (Wildman–Crippen MR) is 91.7 cm³/mol. The minimum atomic E-state index is -0.442. The second kappa shape index (κ2) is 8.40. The van der Waals surface area contributed by atoms with Crippen LogP contribution in [0.4, 0.5) is 10.1 Å². The molecule has 2 fully saturated rings. The van der Waals surface area contributed by atoms with Crippen LogP contribution in [0.5, 0.6) is 0 Å². The van der Waals surface area contributed by atoms with Crippen molar-refractivity contribution in [2.24, 2.45) is 5.92 Å². The number of halogens is 1. The first kappa shape index (κ1) is 17.8. The standard InChI is InChI=1S/C18H24FN3O3/c19-15-4-1-2-5-16(15)22-13-14(12-17(22)23)18(24)20-6-3-7-21-8-10-25-11-9-21/h1-2,4-5,14H,3,6-13H2,(H,20,24)/t14-/m0/s1. The van der Waals surface area contributed by atoms with Crippen molar-refractivity contribution in [3.05, 3.63) is 30.1 Å². The summed E-state index contributed by atoms with van der Waals surface area (Å²) in [4.78, 5) is 28.1.